The van der Waals surface area contributed by atoms with Gasteiger partial charge in [-0.1, -0.05) is 65.2 Å². The van der Waals surface area contributed by atoms with E-state index in [0.717, 1.165) is 67.3 Å². The molecule has 5 rings (SSSR count). The topological polar surface area (TPSA) is 61.8 Å². The lowest BCUT2D eigenvalue weighted by atomic mass is 9.47. The molecule has 0 amide bonds. The van der Waals surface area contributed by atoms with E-state index in [4.69, 9.17) is 14.2 Å². The zero-order valence-electron chi connectivity index (χ0n) is 31.0. The highest BCUT2D eigenvalue weighted by Gasteiger charge is 2.58. The van der Waals surface area contributed by atoms with E-state index in [-0.39, 0.29) is 5.97 Å². The first-order valence-electron chi connectivity index (χ1n) is 19.3. The lowest BCUT2D eigenvalue weighted by Crippen LogP contribution is -2.50. The summed E-state index contributed by atoms with van der Waals surface area (Å²) < 4.78 is 16.2. The van der Waals surface area contributed by atoms with E-state index < -0.39 is 0 Å². The quantitative estimate of drug-likeness (QED) is 0.0579. The maximum atomic E-state index is 10.8. The summed E-state index contributed by atoms with van der Waals surface area (Å²) in [6.45, 7) is 14.5. The monoisotopic (exact) mass is 662 g/mol. The summed E-state index contributed by atoms with van der Waals surface area (Å²) in [5.74, 6) is 5.20. The first kappa shape index (κ1) is 38.4. The summed E-state index contributed by atoms with van der Waals surface area (Å²) in [5, 5.41) is 0. The lowest BCUT2D eigenvalue weighted by Gasteiger charge is -2.58. The number of unbranched alkanes of at least 4 members (excludes halogenated alkanes) is 4. The molecule has 0 N–H and O–H groups in total. The largest absolute Gasteiger partial charge is 0.494 e. The lowest BCUT2D eigenvalue weighted by molar-refractivity contribution is -0.137. The van der Waals surface area contributed by atoms with Gasteiger partial charge in [-0.05, 0) is 148 Å². The summed E-state index contributed by atoms with van der Waals surface area (Å²) in [5.41, 5.74) is 3.53. The SMILES string of the molecule is C=CC(=O)OCCCCCCOc1ccc(C=O)cc1.COC1CCC2(C)C(=CCC3C2CCC2(C)C3CC[C@@H]2CCCCC(C)C)C1. The predicted molar refractivity (Wildman–Crippen MR) is 196 cm³/mol. The van der Waals surface area contributed by atoms with Gasteiger partial charge in [0, 0.05) is 18.7 Å². The molecule has 6 unspecified atom stereocenters. The summed E-state index contributed by atoms with van der Waals surface area (Å²) in [7, 11) is 1.91. The van der Waals surface area contributed by atoms with Crippen molar-refractivity contribution in [1.29, 1.82) is 0 Å². The highest BCUT2D eigenvalue weighted by Crippen LogP contribution is 2.66. The minimum atomic E-state index is -0.368. The molecule has 5 nitrogen and oxygen atoms in total. The molecule has 4 aliphatic rings. The summed E-state index contributed by atoms with van der Waals surface area (Å²) in [4.78, 5) is 21.3. The van der Waals surface area contributed by atoms with E-state index in [1.165, 1.54) is 83.1 Å². The average molecular weight is 663 g/mol. The second kappa shape index (κ2) is 18.6. The van der Waals surface area contributed by atoms with Gasteiger partial charge in [0.25, 0.3) is 0 Å². The van der Waals surface area contributed by atoms with Crippen LogP contribution in [0.3, 0.4) is 0 Å². The number of hydrogen-bond donors (Lipinski definition) is 0. The zero-order chi connectivity index (χ0) is 34.6. The van der Waals surface area contributed by atoms with Crippen LogP contribution in [0.2, 0.25) is 0 Å². The van der Waals surface area contributed by atoms with Crippen molar-refractivity contribution < 1.29 is 23.8 Å². The third-order valence-corrected chi connectivity index (χ3v) is 12.9. The van der Waals surface area contributed by atoms with Crippen LogP contribution < -0.4 is 4.74 Å². The minimum Gasteiger partial charge on any atom is -0.494 e. The van der Waals surface area contributed by atoms with E-state index >= 15 is 0 Å². The van der Waals surface area contributed by atoms with Crippen molar-refractivity contribution >= 4 is 12.3 Å². The molecular weight excluding hydrogens is 596 g/mol. The van der Waals surface area contributed by atoms with Crippen molar-refractivity contribution in [2.45, 2.75) is 137 Å². The van der Waals surface area contributed by atoms with Gasteiger partial charge in [0.15, 0.2) is 0 Å². The van der Waals surface area contributed by atoms with Crippen molar-refractivity contribution in [2.24, 2.45) is 40.4 Å². The maximum absolute atomic E-state index is 10.8. The Morgan fingerprint density at radius 1 is 0.938 bits per heavy atom. The van der Waals surface area contributed by atoms with Gasteiger partial charge in [0.2, 0.25) is 0 Å². The highest BCUT2D eigenvalue weighted by molar-refractivity contribution is 5.81. The van der Waals surface area contributed by atoms with Crippen LogP contribution in [0.1, 0.15) is 141 Å². The van der Waals surface area contributed by atoms with Crippen LogP contribution in [0.5, 0.6) is 5.75 Å². The first-order valence-corrected chi connectivity index (χ1v) is 19.3. The van der Waals surface area contributed by atoms with E-state index in [9.17, 15) is 9.59 Å². The van der Waals surface area contributed by atoms with Crippen LogP contribution in [-0.4, -0.2) is 38.7 Å². The molecule has 0 radical (unpaired) electrons. The Kier molecular flexibility index (Phi) is 14.8. The number of carbonyl (C=O) groups is 2. The number of rotatable bonds is 16. The zero-order valence-corrected chi connectivity index (χ0v) is 31.0. The van der Waals surface area contributed by atoms with Crippen LogP contribution in [0.15, 0.2) is 48.6 Å². The normalized spacial score (nSPS) is 30.5. The van der Waals surface area contributed by atoms with Crippen LogP contribution in [0.25, 0.3) is 0 Å². The molecule has 0 aliphatic heterocycles. The number of aldehydes is 1. The van der Waals surface area contributed by atoms with Crippen molar-refractivity contribution in [3.8, 4) is 5.75 Å². The molecule has 0 saturated heterocycles. The molecule has 3 saturated carbocycles. The predicted octanol–water partition coefficient (Wildman–Crippen LogP) is 11.0. The Morgan fingerprint density at radius 2 is 1.69 bits per heavy atom. The maximum Gasteiger partial charge on any atom is 0.330 e. The smallest absolute Gasteiger partial charge is 0.330 e. The second-order valence-electron chi connectivity index (χ2n) is 16.2. The van der Waals surface area contributed by atoms with E-state index in [2.05, 4.69) is 40.3 Å². The molecule has 0 bridgehead atoms. The second-order valence-corrected chi connectivity index (χ2v) is 16.2. The summed E-state index contributed by atoms with van der Waals surface area (Å²) in [6, 6.07) is 7.05. The molecule has 3 fully saturated rings. The molecule has 0 spiro atoms. The number of allylic oxidation sites excluding steroid dienone is 1. The van der Waals surface area contributed by atoms with Gasteiger partial charge < -0.3 is 14.2 Å². The Labute approximate surface area is 292 Å². The number of ether oxygens (including phenoxy) is 3. The molecule has 268 valence electrons. The van der Waals surface area contributed by atoms with Gasteiger partial charge >= 0.3 is 5.97 Å². The molecule has 5 heteroatoms. The molecule has 7 atom stereocenters. The van der Waals surface area contributed by atoms with Crippen LogP contribution in [0, 0.1) is 40.4 Å². The first-order chi connectivity index (χ1) is 23.1. The highest BCUT2D eigenvalue weighted by atomic mass is 16.5. The fraction of sp³-hybridized carbons (Fsp3) is 0.721. The number of methoxy groups -OCH3 is 1. The molecule has 1 aromatic carbocycles. The molecule has 4 aliphatic carbocycles. The number of esters is 1. The third-order valence-electron chi connectivity index (χ3n) is 12.9. The molecule has 48 heavy (non-hydrogen) atoms. The van der Waals surface area contributed by atoms with E-state index in [0.29, 0.717) is 35.7 Å². The third kappa shape index (κ3) is 9.86. The van der Waals surface area contributed by atoms with Gasteiger partial charge in [-0.25, -0.2) is 4.79 Å². The van der Waals surface area contributed by atoms with Crippen molar-refractivity contribution in [3.63, 3.8) is 0 Å². The van der Waals surface area contributed by atoms with E-state index in [1.54, 1.807) is 29.8 Å². The summed E-state index contributed by atoms with van der Waals surface area (Å²) in [6.07, 6.45) is 26.1. The van der Waals surface area contributed by atoms with Gasteiger partial charge in [-0.2, -0.15) is 0 Å². The molecule has 1 aromatic rings. The summed E-state index contributed by atoms with van der Waals surface area (Å²) >= 11 is 0. The number of carbonyl (C=O) groups excluding carboxylic acids is 2. The Bertz CT molecular complexity index is 1190. The van der Waals surface area contributed by atoms with Gasteiger partial charge in [-0.3, -0.25) is 4.79 Å². The fourth-order valence-corrected chi connectivity index (χ4v) is 9.98. The molecule has 0 heterocycles. The number of fused-ring (bicyclic) bond motifs is 5. The van der Waals surface area contributed by atoms with Gasteiger partial charge in [0.05, 0.1) is 19.3 Å². The fourth-order valence-electron chi connectivity index (χ4n) is 9.98. The Balaban J connectivity index is 0.000000231. The average Bonchev–Trinajstić information content (AvgIpc) is 3.43. The van der Waals surface area contributed by atoms with Crippen molar-refractivity contribution in [2.75, 3.05) is 20.3 Å². The van der Waals surface area contributed by atoms with E-state index in [1.807, 2.05) is 7.11 Å². The standard InChI is InChI=1S/C27H46O.C16H20O4/c1-19(2)8-6-7-9-20-11-13-24-23-12-10-21-18-22(28-5)14-16-27(21,4)25(23)15-17-26(20,24)3;1-2-16(18)20-12-6-4-3-5-11-19-15-9-7-14(13-17)8-10-15/h10,19-20,22-25H,6-9,11-18H2,1-5H3;2,7-10,13H,1,3-6,11-12H2/t20-,22?,23?,24?,25?,26?,27?;/m0./s1. The van der Waals surface area contributed by atoms with Gasteiger partial charge in [-0.15, -0.1) is 0 Å². The van der Waals surface area contributed by atoms with Crippen LogP contribution in [0.4, 0.5) is 0 Å². The number of benzene rings is 1. The van der Waals surface area contributed by atoms with Crippen molar-refractivity contribution in [3.05, 3.63) is 54.1 Å². The Morgan fingerprint density at radius 3 is 2.38 bits per heavy atom. The molecular formula is C43H66O5. The van der Waals surface area contributed by atoms with Gasteiger partial charge in [0.1, 0.15) is 12.0 Å². The van der Waals surface area contributed by atoms with Crippen LogP contribution in [-0.2, 0) is 14.3 Å². The Hall–Kier alpha value is -2.40. The molecule has 0 aromatic heterocycles. The minimum absolute atomic E-state index is 0.368. The van der Waals surface area contributed by atoms with Crippen molar-refractivity contribution in [1.82, 2.24) is 0 Å². The van der Waals surface area contributed by atoms with Crippen LogP contribution >= 0.6 is 0 Å². The number of hydrogen-bond acceptors (Lipinski definition) is 5.